The van der Waals surface area contributed by atoms with Crippen molar-refractivity contribution in [3.8, 4) is 51.5 Å². The van der Waals surface area contributed by atoms with E-state index in [9.17, 15) is 19.8 Å². The number of phenolic OH excluding ortho intramolecular Hbond substituents is 2. The summed E-state index contributed by atoms with van der Waals surface area (Å²) in [4.78, 5) is 39.9. The Morgan fingerprint density at radius 3 is 0.842 bits per heavy atom. The zero-order valence-corrected chi connectivity index (χ0v) is 75.3. The van der Waals surface area contributed by atoms with Crippen LogP contribution in [0.25, 0.3) is 22.8 Å². The van der Waals surface area contributed by atoms with E-state index in [1.807, 2.05) is 37.3 Å². The molecular weight excluding hydrogens is 1410 g/mol. The van der Waals surface area contributed by atoms with Crippen molar-refractivity contribution >= 4 is 11.6 Å². The van der Waals surface area contributed by atoms with E-state index in [2.05, 4.69) is 42.6 Å². The number of carbonyl (C=O) groups is 2. The van der Waals surface area contributed by atoms with Crippen LogP contribution < -0.4 is 14.2 Å². The summed E-state index contributed by atoms with van der Waals surface area (Å²) in [5, 5.41) is 21.0. The molecule has 0 radical (unpaired) electrons. The van der Waals surface area contributed by atoms with Gasteiger partial charge >= 0.3 is 0 Å². The fourth-order valence-electron chi connectivity index (χ4n) is 15.7. The summed E-state index contributed by atoms with van der Waals surface area (Å²) in [6.07, 6.45) is 84.9. The quantitative estimate of drug-likeness (QED) is 0.0404. The Kier molecular flexibility index (Phi) is 66.1. The van der Waals surface area contributed by atoms with Crippen LogP contribution in [0, 0.1) is 13.8 Å². The van der Waals surface area contributed by atoms with Gasteiger partial charge in [0.2, 0.25) is 0 Å². The van der Waals surface area contributed by atoms with Gasteiger partial charge in [0.05, 0.1) is 24.9 Å². The van der Waals surface area contributed by atoms with Crippen LogP contribution in [0.3, 0.4) is 0 Å². The predicted molar refractivity (Wildman–Crippen MR) is 484 cm³/mol. The molecule has 0 aliphatic rings. The minimum absolute atomic E-state index is 0.0334. The summed E-state index contributed by atoms with van der Waals surface area (Å²) in [7, 11) is 1.63. The molecule has 4 aromatic rings. The number of phenols is 2. The van der Waals surface area contributed by atoms with E-state index in [1.165, 1.54) is 378 Å². The van der Waals surface area contributed by atoms with Crippen LogP contribution in [0.1, 0.15) is 464 Å². The third kappa shape index (κ3) is 55.6. The number of benzene rings is 3. The van der Waals surface area contributed by atoms with Gasteiger partial charge in [-0.3, -0.25) is 9.59 Å². The van der Waals surface area contributed by atoms with Crippen molar-refractivity contribution in [3.63, 3.8) is 0 Å². The lowest BCUT2D eigenvalue weighted by atomic mass is 10.0. The highest BCUT2D eigenvalue weighted by Gasteiger charge is 2.22. The number of aromatic hydroxyl groups is 2. The molecule has 12 heteroatoms. The Morgan fingerprint density at radius 2 is 0.570 bits per heavy atom. The first-order chi connectivity index (χ1) is 55.8. The molecule has 0 amide bonds. The Morgan fingerprint density at radius 1 is 0.316 bits per heavy atom. The lowest BCUT2D eigenvalue weighted by Gasteiger charge is -2.20. The van der Waals surface area contributed by atoms with Crippen LogP contribution in [-0.4, -0.2) is 81.5 Å². The van der Waals surface area contributed by atoms with Crippen molar-refractivity contribution in [2.24, 2.45) is 0 Å². The van der Waals surface area contributed by atoms with Gasteiger partial charge in [-0.25, -0.2) is 15.0 Å². The minimum atomic E-state index is -0.719. The van der Waals surface area contributed by atoms with Crippen LogP contribution in [0.5, 0.6) is 28.7 Å². The Bertz CT molecular complexity index is 2860. The summed E-state index contributed by atoms with van der Waals surface area (Å²) < 4.78 is 29.8. The Balaban J connectivity index is 0.000000609. The zero-order valence-electron chi connectivity index (χ0n) is 75.3. The van der Waals surface area contributed by atoms with E-state index in [0.29, 0.717) is 34.5 Å². The van der Waals surface area contributed by atoms with Gasteiger partial charge < -0.3 is 33.9 Å². The van der Waals surface area contributed by atoms with Gasteiger partial charge in [-0.15, -0.1) is 0 Å². The van der Waals surface area contributed by atoms with Gasteiger partial charge in [0, 0.05) is 17.7 Å². The van der Waals surface area contributed by atoms with E-state index in [1.54, 1.807) is 52.1 Å². The molecule has 12 nitrogen and oxygen atoms in total. The second-order valence-electron chi connectivity index (χ2n) is 34.2. The van der Waals surface area contributed by atoms with Crippen molar-refractivity contribution in [1.29, 1.82) is 0 Å². The van der Waals surface area contributed by atoms with Crippen molar-refractivity contribution < 1.29 is 43.5 Å². The molecule has 4 atom stereocenters. The summed E-state index contributed by atoms with van der Waals surface area (Å²) in [5.74, 6) is 3.06. The molecular formula is C102H175N3O9. The van der Waals surface area contributed by atoms with E-state index in [0.717, 1.165) is 55.4 Å². The monoisotopic (exact) mass is 1590 g/mol. The van der Waals surface area contributed by atoms with Crippen molar-refractivity contribution in [2.75, 3.05) is 20.3 Å². The first-order valence-corrected chi connectivity index (χ1v) is 48.4. The maximum atomic E-state index is 13.4. The van der Waals surface area contributed by atoms with Gasteiger partial charge in [0.15, 0.2) is 35.4 Å². The number of ether oxygens (including phenoxy) is 5. The zero-order chi connectivity index (χ0) is 82.2. The number of aryl methyl sites for hydroxylation is 2. The van der Waals surface area contributed by atoms with Crippen LogP contribution in [0.4, 0.5) is 0 Å². The molecule has 4 unspecified atom stereocenters. The van der Waals surface area contributed by atoms with Crippen LogP contribution in [0.2, 0.25) is 0 Å². The second kappa shape index (κ2) is 73.1. The molecule has 652 valence electrons. The Labute approximate surface area is 700 Å². The molecule has 1 heterocycles. The maximum Gasteiger partial charge on any atom is 0.198 e. The normalized spacial score (nSPS) is 12.5. The lowest BCUT2D eigenvalue weighted by molar-refractivity contribution is -0.132. The number of carbonyl (C=O) groups excluding carboxylic acids is 2. The molecule has 4 rings (SSSR count). The van der Waals surface area contributed by atoms with Gasteiger partial charge in [-0.2, -0.15) is 0 Å². The number of Topliss-reactive ketones (excluding diaryl/α,β-unsaturated/α-hetero) is 2. The average Bonchev–Trinajstić information content (AvgIpc) is 0.804. The summed E-state index contributed by atoms with van der Waals surface area (Å²) in [5.41, 5.74) is 2.06. The van der Waals surface area contributed by atoms with E-state index < -0.39 is 12.2 Å². The number of hydrogen-bond donors (Lipinski definition) is 2. The number of aromatic nitrogens is 3. The fourth-order valence-corrected chi connectivity index (χ4v) is 15.7. The van der Waals surface area contributed by atoms with E-state index in [4.69, 9.17) is 23.7 Å². The first-order valence-electron chi connectivity index (χ1n) is 48.4. The van der Waals surface area contributed by atoms with Crippen molar-refractivity contribution in [1.82, 2.24) is 15.0 Å². The summed E-state index contributed by atoms with van der Waals surface area (Å²) in [6, 6.07) is 17.6. The molecule has 0 spiro atoms. The van der Waals surface area contributed by atoms with Crippen LogP contribution in [0.15, 0.2) is 60.7 Å². The SMILES string of the molecule is CCCCCCCCCCCCCCCCCCC(CCCCCCCCCCCCCCCC)OCC(=O)C(C)Oc1ccc(-c2nc(C)nc(-c3ccc(OC)cc3)n2)c(O)c1.CCCCCCCCCCCCCCCCCCC(CCCCCCCCCCCCCCCC)OCC(=O)C(C)Oc1ccc(C)c(O)c1. The second-order valence-corrected chi connectivity index (χ2v) is 34.2. The molecule has 2 N–H and O–H groups in total. The van der Waals surface area contributed by atoms with E-state index >= 15 is 0 Å². The molecule has 114 heavy (non-hydrogen) atoms. The molecule has 0 fully saturated rings. The number of rotatable bonds is 79. The van der Waals surface area contributed by atoms with Gasteiger partial charge in [-0.1, -0.05) is 419 Å². The number of ketones is 2. The maximum absolute atomic E-state index is 13.4. The number of nitrogens with zero attached hydrogens (tertiary/aromatic N) is 3. The first kappa shape index (κ1) is 103. The fraction of sp³-hybridized carbons (Fsp3) is 0.775. The topological polar surface area (TPSA) is 159 Å². The van der Waals surface area contributed by atoms with Crippen LogP contribution in [-0.2, 0) is 19.1 Å². The lowest BCUT2D eigenvalue weighted by Crippen LogP contribution is -2.30. The molecule has 1 aromatic heterocycles. The van der Waals surface area contributed by atoms with Crippen LogP contribution >= 0.6 is 0 Å². The molecule has 0 aliphatic heterocycles. The predicted octanol–water partition coefficient (Wildman–Crippen LogP) is 31.4. The average molecular weight is 1590 g/mol. The van der Waals surface area contributed by atoms with E-state index in [-0.39, 0.29) is 48.5 Å². The third-order valence-electron chi connectivity index (χ3n) is 23.5. The smallest absolute Gasteiger partial charge is 0.198 e. The number of methoxy groups -OCH3 is 1. The van der Waals surface area contributed by atoms with Crippen molar-refractivity contribution in [2.45, 2.75) is 491 Å². The van der Waals surface area contributed by atoms with Gasteiger partial charge in [-0.05, 0) is 101 Å². The third-order valence-corrected chi connectivity index (χ3v) is 23.5. The molecule has 0 saturated carbocycles. The van der Waals surface area contributed by atoms with Gasteiger partial charge in [0.1, 0.15) is 47.8 Å². The number of unbranched alkanes of at least 4 members (excludes halogenated alkanes) is 56. The summed E-state index contributed by atoms with van der Waals surface area (Å²) in [6.45, 7) is 16.5. The standard InChI is InChI=1S/C56H91N3O5.C46H84O4/c1-6-8-10-12-14-16-18-20-22-23-25-27-29-31-33-35-37-50(36-34-32-30-28-26-24-21-19-17-15-13-11-9-7-2)63-45-54(61)46(3)64-51-42-43-52(53(60)44-51)56-58-47(4)57-55(59-56)48-38-40-49(62-5)41-39-48;1-5-7-9-11-13-15-17-19-21-22-24-26-28-30-32-34-36-43(35-33-31-29-27-25-23-20-18-16-14-12-10-8-6-2)49-40-46(48)42(4)50-44-38-37-41(3)45(47)39-44/h38-44,46,50,60H,6-37,45H2,1-5H3;37-39,42-43,47H,5-36,40H2,1-4H3. The summed E-state index contributed by atoms with van der Waals surface area (Å²) >= 11 is 0. The van der Waals surface area contributed by atoms with Crippen molar-refractivity contribution in [3.05, 3.63) is 72.1 Å². The number of hydrogen-bond acceptors (Lipinski definition) is 12. The largest absolute Gasteiger partial charge is 0.508 e. The molecule has 0 bridgehead atoms. The molecule has 0 aliphatic carbocycles. The highest BCUT2D eigenvalue weighted by molar-refractivity contribution is 5.84. The Hall–Kier alpha value is -5.07. The highest BCUT2D eigenvalue weighted by atomic mass is 16.5. The highest BCUT2D eigenvalue weighted by Crippen LogP contribution is 2.33. The molecule has 3 aromatic carbocycles. The van der Waals surface area contributed by atoms with Gasteiger partial charge in [0.25, 0.3) is 0 Å². The minimum Gasteiger partial charge on any atom is -0.508 e. The molecule has 0 saturated heterocycles.